The number of hydrazine groups is 1. The van der Waals surface area contributed by atoms with Gasteiger partial charge in [-0.25, -0.2) is 5.01 Å². The van der Waals surface area contributed by atoms with Gasteiger partial charge in [0.05, 0.1) is 6.04 Å². The van der Waals surface area contributed by atoms with Gasteiger partial charge in [0.15, 0.2) is 0 Å². The highest BCUT2D eigenvalue weighted by atomic mass is 35.5. The first-order valence-corrected chi connectivity index (χ1v) is 11.6. The first kappa shape index (κ1) is 19.9. The molecule has 7 heteroatoms. The predicted molar refractivity (Wildman–Crippen MR) is 112 cm³/mol. The zero-order chi connectivity index (χ0) is 19.7. The van der Waals surface area contributed by atoms with Crippen molar-refractivity contribution in [3.8, 4) is 0 Å². The summed E-state index contributed by atoms with van der Waals surface area (Å²) in [6.45, 7) is 1.83. The van der Waals surface area contributed by atoms with Gasteiger partial charge in [-0.3, -0.25) is 0 Å². The van der Waals surface area contributed by atoms with Gasteiger partial charge in [0.25, 0.3) is 10.2 Å². The fourth-order valence-corrected chi connectivity index (χ4v) is 6.43. The molecule has 0 aromatic heterocycles. The summed E-state index contributed by atoms with van der Waals surface area (Å²) in [7, 11) is -1.73. The molecular formula is C21H26ClN3O2S. The largest absolute Gasteiger partial charge is 0.295 e. The highest BCUT2D eigenvalue weighted by Crippen LogP contribution is 2.45. The van der Waals surface area contributed by atoms with E-state index in [-0.39, 0.29) is 12.0 Å². The third-order valence-corrected chi connectivity index (χ3v) is 7.98. The SMILES string of the molecule is CN1C[C@@H](c2ccccc2)C(c2ccc(Cl)cc2)N1S(=O)(=O)N1CCCCC1. The highest BCUT2D eigenvalue weighted by molar-refractivity contribution is 7.86. The minimum atomic E-state index is -3.60. The second-order valence-electron chi connectivity index (χ2n) is 7.59. The fraction of sp³-hybridized carbons (Fsp3) is 0.429. The Morgan fingerprint density at radius 1 is 0.893 bits per heavy atom. The van der Waals surface area contributed by atoms with Gasteiger partial charge in [0.1, 0.15) is 0 Å². The topological polar surface area (TPSA) is 43.9 Å². The molecule has 150 valence electrons. The normalized spacial score (nSPS) is 25.2. The summed E-state index contributed by atoms with van der Waals surface area (Å²) >= 11 is 6.10. The second-order valence-corrected chi connectivity index (χ2v) is 9.82. The van der Waals surface area contributed by atoms with Crippen LogP contribution in [0.4, 0.5) is 0 Å². The van der Waals surface area contributed by atoms with E-state index in [1.165, 1.54) is 0 Å². The summed E-state index contributed by atoms with van der Waals surface area (Å²) < 4.78 is 30.5. The van der Waals surface area contributed by atoms with Crippen molar-refractivity contribution >= 4 is 21.8 Å². The summed E-state index contributed by atoms with van der Waals surface area (Å²) in [5, 5.41) is 2.51. The van der Waals surface area contributed by atoms with Crippen molar-refractivity contribution in [2.75, 3.05) is 26.7 Å². The Morgan fingerprint density at radius 2 is 1.54 bits per heavy atom. The Bertz CT molecular complexity index is 899. The molecule has 2 aliphatic rings. The van der Waals surface area contributed by atoms with Crippen molar-refractivity contribution in [1.29, 1.82) is 0 Å². The lowest BCUT2D eigenvalue weighted by Crippen LogP contribution is -2.50. The van der Waals surface area contributed by atoms with E-state index in [9.17, 15) is 8.42 Å². The van der Waals surface area contributed by atoms with E-state index < -0.39 is 10.2 Å². The molecular weight excluding hydrogens is 394 g/mol. The quantitative estimate of drug-likeness (QED) is 0.750. The van der Waals surface area contributed by atoms with Crippen molar-refractivity contribution in [1.82, 2.24) is 13.7 Å². The molecule has 2 saturated heterocycles. The zero-order valence-electron chi connectivity index (χ0n) is 16.0. The third-order valence-electron chi connectivity index (χ3n) is 5.73. The standard InChI is InChI=1S/C21H26ClN3O2S/c1-23-16-20(17-8-4-2-5-9-17)21(18-10-12-19(22)13-11-18)25(23)28(26,27)24-14-6-3-7-15-24/h2,4-5,8-13,20-21H,3,6-7,14-16H2,1H3/t20-,21?/m0/s1. The molecule has 0 bridgehead atoms. The maximum atomic E-state index is 13.6. The van der Waals surface area contributed by atoms with Crippen LogP contribution in [0.25, 0.3) is 0 Å². The van der Waals surface area contributed by atoms with E-state index >= 15 is 0 Å². The number of likely N-dealkylation sites (N-methyl/N-ethyl adjacent to an activating group) is 1. The highest BCUT2D eigenvalue weighted by Gasteiger charge is 2.48. The number of hydrogen-bond acceptors (Lipinski definition) is 3. The summed E-state index contributed by atoms with van der Waals surface area (Å²) in [5.41, 5.74) is 2.11. The molecule has 2 fully saturated rings. The van der Waals surface area contributed by atoms with Gasteiger partial charge in [-0.05, 0) is 36.1 Å². The van der Waals surface area contributed by atoms with Crippen LogP contribution < -0.4 is 0 Å². The van der Waals surface area contributed by atoms with Crippen molar-refractivity contribution in [2.45, 2.75) is 31.2 Å². The maximum absolute atomic E-state index is 13.6. The maximum Gasteiger partial charge on any atom is 0.295 e. The van der Waals surface area contributed by atoms with Gasteiger partial charge in [-0.15, -0.1) is 4.41 Å². The van der Waals surface area contributed by atoms with E-state index in [2.05, 4.69) is 12.1 Å². The number of halogens is 1. The van der Waals surface area contributed by atoms with Crippen LogP contribution in [0.15, 0.2) is 54.6 Å². The van der Waals surface area contributed by atoms with Gasteiger partial charge < -0.3 is 0 Å². The number of piperidine rings is 1. The molecule has 2 aromatic carbocycles. The summed E-state index contributed by atoms with van der Waals surface area (Å²) in [5.74, 6) is 0.0481. The van der Waals surface area contributed by atoms with Crippen LogP contribution in [0.5, 0.6) is 0 Å². The van der Waals surface area contributed by atoms with Crippen LogP contribution >= 0.6 is 11.6 Å². The molecule has 0 N–H and O–H groups in total. The monoisotopic (exact) mass is 419 g/mol. The predicted octanol–water partition coefficient (Wildman–Crippen LogP) is 4.06. The molecule has 2 aliphatic heterocycles. The second kappa shape index (κ2) is 8.13. The Balaban J connectivity index is 1.78. The van der Waals surface area contributed by atoms with E-state index in [4.69, 9.17) is 11.6 Å². The zero-order valence-corrected chi connectivity index (χ0v) is 17.6. The van der Waals surface area contributed by atoms with E-state index in [1.54, 1.807) is 8.72 Å². The molecule has 0 saturated carbocycles. The van der Waals surface area contributed by atoms with Crippen molar-refractivity contribution in [2.24, 2.45) is 0 Å². The Morgan fingerprint density at radius 3 is 2.18 bits per heavy atom. The van der Waals surface area contributed by atoms with Crippen molar-refractivity contribution in [3.05, 3.63) is 70.7 Å². The van der Waals surface area contributed by atoms with Gasteiger partial charge in [0, 0.05) is 37.6 Å². The van der Waals surface area contributed by atoms with Crippen molar-refractivity contribution in [3.63, 3.8) is 0 Å². The first-order valence-electron chi connectivity index (χ1n) is 9.79. The van der Waals surface area contributed by atoms with E-state index in [0.717, 1.165) is 30.4 Å². The number of rotatable bonds is 4. The molecule has 4 rings (SSSR count). The molecule has 28 heavy (non-hydrogen) atoms. The lowest BCUT2D eigenvalue weighted by Gasteiger charge is -2.36. The molecule has 5 nitrogen and oxygen atoms in total. The first-order chi connectivity index (χ1) is 13.5. The molecule has 2 heterocycles. The minimum absolute atomic E-state index is 0.0481. The Kier molecular flexibility index (Phi) is 5.76. The summed E-state index contributed by atoms with van der Waals surface area (Å²) in [6, 6.07) is 17.4. The van der Waals surface area contributed by atoms with Crippen LogP contribution in [0.1, 0.15) is 42.3 Å². The van der Waals surface area contributed by atoms with Crippen LogP contribution in [-0.2, 0) is 10.2 Å². The van der Waals surface area contributed by atoms with E-state index in [1.807, 2.05) is 54.5 Å². The minimum Gasteiger partial charge on any atom is -0.229 e. The van der Waals surface area contributed by atoms with Crippen LogP contribution in [0, 0.1) is 0 Å². The van der Waals surface area contributed by atoms with Gasteiger partial charge >= 0.3 is 0 Å². The lowest BCUT2D eigenvalue weighted by atomic mass is 9.89. The molecule has 0 aliphatic carbocycles. The average Bonchev–Trinajstić information content (AvgIpc) is 3.08. The van der Waals surface area contributed by atoms with Gasteiger partial charge in [0.2, 0.25) is 0 Å². The van der Waals surface area contributed by atoms with Gasteiger partial charge in [-0.2, -0.15) is 12.7 Å². The number of benzene rings is 2. The molecule has 2 aromatic rings. The molecule has 0 amide bonds. The van der Waals surface area contributed by atoms with E-state index in [0.29, 0.717) is 24.7 Å². The summed E-state index contributed by atoms with van der Waals surface area (Å²) in [4.78, 5) is 0. The average molecular weight is 420 g/mol. The summed E-state index contributed by atoms with van der Waals surface area (Å²) in [6.07, 6.45) is 2.93. The van der Waals surface area contributed by atoms with Gasteiger partial charge in [-0.1, -0.05) is 60.5 Å². The molecule has 0 radical (unpaired) electrons. The molecule has 1 unspecified atom stereocenters. The smallest absolute Gasteiger partial charge is 0.229 e. The molecule has 0 spiro atoms. The number of nitrogens with zero attached hydrogens (tertiary/aromatic N) is 3. The Hall–Kier alpha value is -1.44. The fourth-order valence-electron chi connectivity index (χ4n) is 4.37. The third kappa shape index (κ3) is 3.72. The van der Waals surface area contributed by atoms with Crippen LogP contribution in [0.3, 0.4) is 0 Å². The Labute approximate surface area is 172 Å². The van der Waals surface area contributed by atoms with Crippen LogP contribution in [0.2, 0.25) is 5.02 Å². The number of hydrogen-bond donors (Lipinski definition) is 0. The lowest BCUT2D eigenvalue weighted by molar-refractivity contribution is 0.111. The van der Waals surface area contributed by atoms with Crippen LogP contribution in [-0.4, -0.2) is 48.8 Å². The molecule has 2 atom stereocenters. The van der Waals surface area contributed by atoms with Crippen molar-refractivity contribution < 1.29 is 8.42 Å².